The summed E-state index contributed by atoms with van der Waals surface area (Å²) in [6, 6.07) is 14.1. The number of aromatic hydroxyl groups is 1. The van der Waals surface area contributed by atoms with Gasteiger partial charge in [0.25, 0.3) is 0 Å². The lowest BCUT2D eigenvalue weighted by atomic mass is 9.87. The van der Waals surface area contributed by atoms with Crippen molar-refractivity contribution >= 4 is 23.5 Å². The standard InChI is InChI=1S/C22H29NO2S2/c1-14(2)16(12-27-20-10-6-7-15(3)21(20)24)11-17-13-26-19-9-5-4-8-18(19)25-22(17)23/h4-10,14,16-17,22,24H,11-13,23H2,1-3H3. The normalized spacial score (nSPS) is 20.6. The predicted molar refractivity (Wildman–Crippen MR) is 116 cm³/mol. The zero-order chi connectivity index (χ0) is 19.4. The van der Waals surface area contributed by atoms with Gasteiger partial charge in [0.15, 0.2) is 6.23 Å². The summed E-state index contributed by atoms with van der Waals surface area (Å²) in [5.41, 5.74) is 7.34. The fourth-order valence-corrected chi connectivity index (χ4v) is 5.81. The zero-order valence-electron chi connectivity index (χ0n) is 16.2. The summed E-state index contributed by atoms with van der Waals surface area (Å²) in [4.78, 5) is 2.14. The molecule has 3 atom stereocenters. The number of phenols is 1. The molecule has 3 nitrogen and oxygen atoms in total. The first-order valence-electron chi connectivity index (χ1n) is 9.51. The minimum Gasteiger partial charge on any atom is -0.507 e. The molecular formula is C22H29NO2S2. The van der Waals surface area contributed by atoms with Gasteiger partial charge < -0.3 is 9.84 Å². The van der Waals surface area contributed by atoms with Gasteiger partial charge in [-0.2, -0.15) is 0 Å². The molecule has 0 spiro atoms. The maximum absolute atomic E-state index is 10.3. The topological polar surface area (TPSA) is 55.5 Å². The van der Waals surface area contributed by atoms with Crippen molar-refractivity contribution in [3.8, 4) is 11.5 Å². The number of aryl methyl sites for hydroxylation is 1. The smallest absolute Gasteiger partial charge is 0.151 e. The van der Waals surface area contributed by atoms with Crippen LogP contribution in [0.3, 0.4) is 0 Å². The largest absolute Gasteiger partial charge is 0.507 e. The second-order valence-corrected chi connectivity index (χ2v) is 9.70. The second kappa shape index (κ2) is 9.26. The van der Waals surface area contributed by atoms with Crippen LogP contribution in [0.25, 0.3) is 0 Å². The van der Waals surface area contributed by atoms with Gasteiger partial charge in [-0.15, -0.1) is 23.5 Å². The van der Waals surface area contributed by atoms with Gasteiger partial charge in [-0.25, -0.2) is 0 Å². The highest BCUT2D eigenvalue weighted by molar-refractivity contribution is 7.99. The molecule has 5 heteroatoms. The van der Waals surface area contributed by atoms with Crippen LogP contribution in [-0.4, -0.2) is 22.8 Å². The molecule has 0 radical (unpaired) electrons. The first-order chi connectivity index (χ1) is 13.0. The molecule has 1 heterocycles. The molecule has 3 rings (SSSR count). The molecule has 0 aliphatic carbocycles. The number of para-hydroxylation sites is 2. The Morgan fingerprint density at radius 2 is 2.00 bits per heavy atom. The Hall–Kier alpha value is -1.30. The van der Waals surface area contributed by atoms with E-state index in [9.17, 15) is 5.11 Å². The molecule has 0 bridgehead atoms. The van der Waals surface area contributed by atoms with E-state index in [2.05, 4.69) is 19.9 Å². The van der Waals surface area contributed by atoms with Crippen molar-refractivity contribution in [3.05, 3.63) is 48.0 Å². The summed E-state index contributed by atoms with van der Waals surface area (Å²) in [7, 11) is 0. The summed E-state index contributed by atoms with van der Waals surface area (Å²) in [6.07, 6.45) is 0.749. The third-order valence-electron chi connectivity index (χ3n) is 5.23. The van der Waals surface area contributed by atoms with E-state index in [0.717, 1.165) is 34.1 Å². The third-order valence-corrected chi connectivity index (χ3v) is 7.71. The number of fused-ring (bicyclic) bond motifs is 1. The zero-order valence-corrected chi connectivity index (χ0v) is 17.9. The highest BCUT2D eigenvalue weighted by Crippen LogP contribution is 2.39. The molecular weight excluding hydrogens is 374 g/mol. The van der Waals surface area contributed by atoms with Gasteiger partial charge in [-0.1, -0.05) is 38.1 Å². The number of ether oxygens (including phenoxy) is 1. The van der Waals surface area contributed by atoms with Crippen LogP contribution in [0, 0.1) is 24.7 Å². The van der Waals surface area contributed by atoms with Gasteiger partial charge in [0.05, 0.1) is 0 Å². The first-order valence-corrected chi connectivity index (χ1v) is 11.5. The molecule has 1 aliphatic rings. The lowest BCUT2D eigenvalue weighted by Crippen LogP contribution is -2.38. The van der Waals surface area contributed by atoms with Crippen molar-refractivity contribution < 1.29 is 9.84 Å². The number of hydrogen-bond donors (Lipinski definition) is 2. The lowest BCUT2D eigenvalue weighted by molar-refractivity contribution is 0.130. The first kappa shape index (κ1) is 20.4. The Bertz CT molecular complexity index is 766. The van der Waals surface area contributed by atoms with Crippen molar-refractivity contribution in [2.75, 3.05) is 11.5 Å². The number of nitrogens with two attached hydrogens (primary N) is 1. The van der Waals surface area contributed by atoms with Gasteiger partial charge >= 0.3 is 0 Å². The summed E-state index contributed by atoms with van der Waals surface area (Å²) < 4.78 is 6.06. The number of phenolic OH excluding ortho intramolecular Hbond substituents is 1. The van der Waals surface area contributed by atoms with E-state index in [1.807, 2.05) is 55.1 Å². The summed E-state index contributed by atoms with van der Waals surface area (Å²) in [5, 5.41) is 10.3. The van der Waals surface area contributed by atoms with Crippen LogP contribution in [0.15, 0.2) is 52.3 Å². The molecule has 146 valence electrons. The Morgan fingerprint density at radius 1 is 1.22 bits per heavy atom. The Labute approximate surface area is 171 Å². The monoisotopic (exact) mass is 403 g/mol. The van der Waals surface area contributed by atoms with Gasteiger partial charge in [-0.05, 0) is 48.9 Å². The molecule has 2 aromatic carbocycles. The number of hydrogen-bond acceptors (Lipinski definition) is 5. The van der Waals surface area contributed by atoms with E-state index in [1.54, 1.807) is 11.8 Å². The van der Waals surface area contributed by atoms with Crippen LogP contribution < -0.4 is 10.5 Å². The average Bonchev–Trinajstić information content (AvgIpc) is 2.80. The van der Waals surface area contributed by atoms with E-state index in [1.165, 1.54) is 4.90 Å². The Balaban J connectivity index is 1.65. The maximum Gasteiger partial charge on any atom is 0.151 e. The maximum atomic E-state index is 10.3. The van der Waals surface area contributed by atoms with E-state index >= 15 is 0 Å². The quantitative estimate of drug-likeness (QED) is 0.620. The van der Waals surface area contributed by atoms with Crippen LogP contribution in [0.2, 0.25) is 0 Å². The average molecular weight is 404 g/mol. The molecule has 0 saturated heterocycles. The van der Waals surface area contributed by atoms with Gasteiger partial charge in [0.1, 0.15) is 11.5 Å². The fourth-order valence-electron chi connectivity index (χ4n) is 3.27. The summed E-state index contributed by atoms with van der Waals surface area (Å²) in [6.45, 7) is 6.48. The minimum atomic E-state index is -0.278. The van der Waals surface area contributed by atoms with Crippen LogP contribution in [0.1, 0.15) is 25.8 Å². The van der Waals surface area contributed by atoms with Crippen LogP contribution in [0.5, 0.6) is 11.5 Å². The SMILES string of the molecule is Cc1cccc(SCC(CC2CSc3ccccc3OC2N)C(C)C)c1O. The second-order valence-electron chi connectivity index (χ2n) is 7.57. The highest BCUT2D eigenvalue weighted by Gasteiger charge is 2.29. The van der Waals surface area contributed by atoms with Crippen molar-refractivity contribution in [1.29, 1.82) is 0 Å². The molecule has 3 N–H and O–H groups in total. The molecule has 2 aromatic rings. The number of benzene rings is 2. The summed E-state index contributed by atoms with van der Waals surface area (Å²) >= 11 is 3.58. The fraction of sp³-hybridized carbons (Fsp3) is 0.455. The highest BCUT2D eigenvalue weighted by atomic mass is 32.2. The molecule has 1 aliphatic heterocycles. The van der Waals surface area contributed by atoms with E-state index < -0.39 is 0 Å². The molecule has 27 heavy (non-hydrogen) atoms. The number of thioether (sulfide) groups is 2. The van der Waals surface area contributed by atoms with Crippen molar-refractivity contribution in [3.63, 3.8) is 0 Å². The predicted octanol–water partition coefficient (Wildman–Crippen LogP) is 5.54. The molecule has 0 fully saturated rings. The van der Waals surface area contributed by atoms with Crippen LogP contribution in [-0.2, 0) is 0 Å². The molecule has 0 aromatic heterocycles. The minimum absolute atomic E-state index is 0.278. The molecule has 0 saturated carbocycles. The Kier molecular flexibility index (Phi) is 7.01. The van der Waals surface area contributed by atoms with Crippen LogP contribution in [0.4, 0.5) is 0 Å². The van der Waals surface area contributed by atoms with E-state index in [0.29, 0.717) is 23.5 Å². The van der Waals surface area contributed by atoms with Gasteiger partial charge in [0.2, 0.25) is 0 Å². The van der Waals surface area contributed by atoms with Gasteiger partial charge in [-0.3, -0.25) is 5.73 Å². The van der Waals surface area contributed by atoms with Crippen molar-refractivity contribution in [1.82, 2.24) is 0 Å². The van der Waals surface area contributed by atoms with E-state index in [-0.39, 0.29) is 6.23 Å². The lowest BCUT2D eigenvalue weighted by Gasteiger charge is -2.28. The summed E-state index contributed by atoms with van der Waals surface area (Å²) in [5.74, 6) is 4.62. The molecule has 0 amide bonds. The van der Waals surface area contributed by atoms with Crippen molar-refractivity contribution in [2.45, 2.75) is 43.2 Å². The Morgan fingerprint density at radius 3 is 2.78 bits per heavy atom. The van der Waals surface area contributed by atoms with Crippen molar-refractivity contribution in [2.24, 2.45) is 23.5 Å². The van der Waals surface area contributed by atoms with Gasteiger partial charge in [0, 0.05) is 27.2 Å². The molecule has 3 unspecified atom stereocenters. The third kappa shape index (κ3) is 5.15. The van der Waals surface area contributed by atoms with Crippen LogP contribution >= 0.6 is 23.5 Å². The van der Waals surface area contributed by atoms with E-state index in [4.69, 9.17) is 10.5 Å². The number of rotatable bonds is 6.